The Labute approximate surface area is 119 Å². The molecule has 3 N–H and O–H groups in total. The number of carbonyl (C=O) groups excluding carboxylic acids is 1. The van der Waals surface area contributed by atoms with Crippen LogP contribution >= 0.6 is 0 Å². The largest absolute Gasteiger partial charge is 0.379 e. The zero-order valence-electron chi connectivity index (χ0n) is 11.8. The molecule has 0 aromatic heterocycles. The second-order valence-electron chi connectivity index (χ2n) is 5.55. The molecule has 1 atom stereocenters. The maximum atomic E-state index is 12.4. The van der Waals surface area contributed by atoms with E-state index in [0.29, 0.717) is 39.0 Å². The fourth-order valence-electron chi connectivity index (χ4n) is 2.60. The number of nitrogens with zero attached hydrogens (tertiary/aromatic N) is 1. The average molecular weight is 305 g/mol. The number of amides is 1. The van der Waals surface area contributed by atoms with E-state index in [1.165, 1.54) is 0 Å². The van der Waals surface area contributed by atoms with Crippen LogP contribution in [-0.2, 0) is 19.6 Å². The van der Waals surface area contributed by atoms with Crippen LogP contribution in [0.5, 0.6) is 0 Å². The molecule has 1 amide bonds. The SMILES string of the molecule is CCS(=O)(=O)NC1CCN(C(=O)C2(N)CCOC2)CC1. The number of sulfonamides is 1. The number of carbonyl (C=O) groups is 1. The molecular weight excluding hydrogens is 282 g/mol. The van der Waals surface area contributed by atoms with E-state index in [2.05, 4.69) is 4.72 Å². The summed E-state index contributed by atoms with van der Waals surface area (Å²) in [5.74, 6) is 0.00173. The number of nitrogens with one attached hydrogen (secondary N) is 1. The van der Waals surface area contributed by atoms with Gasteiger partial charge in [-0.05, 0) is 26.2 Å². The monoisotopic (exact) mass is 305 g/mol. The van der Waals surface area contributed by atoms with Crippen molar-refractivity contribution in [2.75, 3.05) is 32.1 Å². The Morgan fingerprint density at radius 3 is 2.60 bits per heavy atom. The molecule has 0 spiro atoms. The molecule has 0 bridgehead atoms. The first-order valence-corrected chi connectivity index (χ1v) is 8.67. The Bertz CT molecular complexity index is 451. The van der Waals surface area contributed by atoms with Crippen molar-refractivity contribution in [3.8, 4) is 0 Å². The Morgan fingerprint density at radius 1 is 1.45 bits per heavy atom. The molecular formula is C12H23N3O4S. The van der Waals surface area contributed by atoms with Crippen LogP contribution in [-0.4, -0.2) is 62.9 Å². The first-order chi connectivity index (χ1) is 9.36. The van der Waals surface area contributed by atoms with Crippen LogP contribution in [0.4, 0.5) is 0 Å². The van der Waals surface area contributed by atoms with E-state index in [4.69, 9.17) is 10.5 Å². The maximum absolute atomic E-state index is 12.4. The maximum Gasteiger partial charge on any atom is 0.245 e. The zero-order valence-corrected chi connectivity index (χ0v) is 12.6. The minimum absolute atomic E-state index is 0.0770. The number of nitrogens with two attached hydrogens (primary N) is 1. The summed E-state index contributed by atoms with van der Waals surface area (Å²) in [5.41, 5.74) is 5.17. The summed E-state index contributed by atoms with van der Waals surface area (Å²) in [6.45, 7) is 3.48. The van der Waals surface area contributed by atoms with Gasteiger partial charge in [-0.25, -0.2) is 13.1 Å². The topological polar surface area (TPSA) is 102 Å². The van der Waals surface area contributed by atoms with Crippen molar-refractivity contribution < 1.29 is 17.9 Å². The molecule has 0 saturated carbocycles. The van der Waals surface area contributed by atoms with Gasteiger partial charge < -0.3 is 15.4 Å². The summed E-state index contributed by atoms with van der Waals surface area (Å²) in [5, 5.41) is 0. The lowest BCUT2D eigenvalue weighted by molar-refractivity contribution is -0.138. The second kappa shape index (κ2) is 5.97. The molecule has 2 heterocycles. The standard InChI is InChI=1S/C12H23N3O4S/c1-2-20(17,18)14-10-3-6-15(7-4-10)11(16)12(13)5-8-19-9-12/h10,14H,2-9,13H2,1H3. The van der Waals surface area contributed by atoms with Crippen molar-refractivity contribution in [2.45, 2.75) is 37.8 Å². The minimum atomic E-state index is -3.18. The third kappa shape index (κ3) is 3.49. The molecule has 7 nitrogen and oxygen atoms in total. The van der Waals surface area contributed by atoms with Gasteiger partial charge in [0, 0.05) is 25.7 Å². The van der Waals surface area contributed by atoms with Crippen LogP contribution in [0.1, 0.15) is 26.2 Å². The second-order valence-corrected chi connectivity index (χ2v) is 7.59. The summed E-state index contributed by atoms with van der Waals surface area (Å²) >= 11 is 0. The zero-order chi connectivity index (χ0) is 14.8. The van der Waals surface area contributed by atoms with Gasteiger partial charge in [0.15, 0.2) is 0 Å². The first-order valence-electron chi connectivity index (χ1n) is 7.02. The highest BCUT2D eigenvalue weighted by Crippen LogP contribution is 2.21. The van der Waals surface area contributed by atoms with Crippen molar-refractivity contribution in [3.63, 3.8) is 0 Å². The van der Waals surface area contributed by atoms with Gasteiger partial charge in [-0.1, -0.05) is 0 Å². The minimum Gasteiger partial charge on any atom is -0.379 e. The Hall–Kier alpha value is -0.700. The Balaban J connectivity index is 1.87. The molecule has 0 radical (unpaired) electrons. The van der Waals surface area contributed by atoms with Crippen LogP contribution < -0.4 is 10.5 Å². The molecule has 0 aromatic rings. The molecule has 2 aliphatic heterocycles. The van der Waals surface area contributed by atoms with Crippen molar-refractivity contribution in [1.29, 1.82) is 0 Å². The molecule has 116 valence electrons. The van der Waals surface area contributed by atoms with Crippen molar-refractivity contribution in [3.05, 3.63) is 0 Å². The number of ether oxygens (including phenoxy) is 1. The third-order valence-corrected chi connectivity index (χ3v) is 5.44. The Kier molecular flexibility index (Phi) is 4.68. The molecule has 0 aromatic carbocycles. The van der Waals surface area contributed by atoms with Gasteiger partial charge in [0.25, 0.3) is 0 Å². The van der Waals surface area contributed by atoms with E-state index >= 15 is 0 Å². The van der Waals surface area contributed by atoms with Gasteiger partial charge >= 0.3 is 0 Å². The van der Waals surface area contributed by atoms with Gasteiger partial charge in [-0.3, -0.25) is 4.79 Å². The van der Waals surface area contributed by atoms with E-state index in [9.17, 15) is 13.2 Å². The fraction of sp³-hybridized carbons (Fsp3) is 0.917. The van der Waals surface area contributed by atoms with Gasteiger partial charge in [0.1, 0.15) is 5.54 Å². The van der Waals surface area contributed by atoms with Crippen LogP contribution in [0.15, 0.2) is 0 Å². The summed E-state index contributed by atoms with van der Waals surface area (Å²) in [7, 11) is -3.18. The summed E-state index contributed by atoms with van der Waals surface area (Å²) in [4.78, 5) is 14.1. The number of hydrogen-bond donors (Lipinski definition) is 2. The first kappa shape index (κ1) is 15.7. The lowest BCUT2D eigenvalue weighted by Gasteiger charge is -2.36. The van der Waals surface area contributed by atoms with Crippen molar-refractivity contribution >= 4 is 15.9 Å². The normalized spacial score (nSPS) is 28.8. The van der Waals surface area contributed by atoms with E-state index in [1.807, 2.05) is 0 Å². The molecule has 0 aliphatic carbocycles. The van der Waals surface area contributed by atoms with E-state index in [-0.39, 0.29) is 24.3 Å². The fourth-order valence-corrected chi connectivity index (χ4v) is 3.51. The van der Waals surface area contributed by atoms with Crippen LogP contribution in [0.3, 0.4) is 0 Å². The van der Waals surface area contributed by atoms with Gasteiger partial charge in [-0.2, -0.15) is 0 Å². The Morgan fingerprint density at radius 2 is 2.10 bits per heavy atom. The van der Waals surface area contributed by atoms with Crippen LogP contribution in [0, 0.1) is 0 Å². The third-order valence-electron chi connectivity index (χ3n) is 3.99. The molecule has 2 rings (SSSR count). The number of hydrogen-bond acceptors (Lipinski definition) is 5. The van der Waals surface area contributed by atoms with E-state index in [1.54, 1.807) is 11.8 Å². The number of rotatable bonds is 4. The summed E-state index contributed by atoms with van der Waals surface area (Å²) < 4.78 is 30.9. The predicted octanol–water partition coefficient (Wildman–Crippen LogP) is -0.965. The smallest absolute Gasteiger partial charge is 0.245 e. The van der Waals surface area contributed by atoms with Gasteiger partial charge in [0.05, 0.1) is 12.4 Å². The molecule has 20 heavy (non-hydrogen) atoms. The summed E-state index contributed by atoms with van der Waals surface area (Å²) in [6, 6.07) is -0.0856. The highest BCUT2D eigenvalue weighted by atomic mass is 32.2. The van der Waals surface area contributed by atoms with Crippen molar-refractivity contribution in [2.24, 2.45) is 5.73 Å². The van der Waals surface area contributed by atoms with Gasteiger partial charge in [0.2, 0.25) is 15.9 Å². The number of likely N-dealkylation sites (tertiary alicyclic amines) is 1. The van der Waals surface area contributed by atoms with Crippen LogP contribution in [0.25, 0.3) is 0 Å². The molecule has 2 saturated heterocycles. The van der Waals surface area contributed by atoms with Crippen LogP contribution in [0.2, 0.25) is 0 Å². The van der Waals surface area contributed by atoms with E-state index in [0.717, 1.165) is 0 Å². The lowest BCUT2D eigenvalue weighted by atomic mass is 9.96. The molecule has 1 unspecified atom stereocenters. The van der Waals surface area contributed by atoms with Gasteiger partial charge in [-0.15, -0.1) is 0 Å². The lowest BCUT2D eigenvalue weighted by Crippen LogP contribution is -2.58. The molecule has 2 aliphatic rings. The van der Waals surface area contributed by atoms with Crippen molar-refractivity contribution in [1.82, 2.24) is 9.62 Å². The highest BCUT2D eigenvalue weighted by molar-refractivity contribution is 7.89. The quantitative estimate of drug-likeness (QED) is 0.696. The highest BCUT2D eigenvalue weighted by Gasteiger charge is 2.41. The van der Waals surface area contributed by atoms with E-state index < -0.39 is 15.6 Å². The summed E-state index contributed by atoms with van der Waals surface area (Å²) in [6.07, 6.45) is 1.80. The number of piperidine rings is 1. The molecule has 2 fully saturated rings. The average Bonchev–Trinajstić information content (AvgIpc) is 2.87. The molecule has 8 heteroatoms. The predicted molar refractivity (Wildman–Crippen MR) is 74.6 cm³/mol.